The smallest absolute Gasteiger partial charge is 0.297 e. The average Bonchev–Trinajstić information content (AvgIpc) is 3.03. The molecule has 8 nitrogen and oxygen atoms in total. The number of hydrogen-bond acceptors (Lipinski definition) is 5. The second-order valence-electron chi connectivity index (χ2n) is 6.60. The predicted molar refractivity (Wildman–Crippen MR) is 106 cm³/mol. The zero-order chi connectivity index (χ0) is 19.1. The van der Waals surface area contributed by atoms with E-state index < -0.39 is 0 Å². The van der Waals surface area contributed by atoms with Crippen LogP contribution in [0.15, 0.2) is 51.1 Å². The molecule has 2 aromatic heterocycles. The van der Waals surface area contributed by atoms with E-state index in [0.717, 1.165) is 11.3 Å². The van der Waals surface area contributed by atoms with E-state index in [0.29, 0.717) is 23.7 Å². The van der Waals surface area contributed by atoms with Crippen LogP contribution in [0.2, 0.25) is 0 Å². The van der Waals surface area contributed by atoms with E-state index in [1.807, 2.05) is 54.0 Å². The first-order valence-electron chi connectivity index (χ1n) is 8.67. The molecule has 3 heterocycles. The van der Waals surface area contributed by atoms with Crippen molar-refractivity contribution in [3.63, 3.8) is 0 Å². The second-order valence-corrected chi connectivity index (χ2v) is 6.60. The Morgan fingerprint density at radius 3 is 2.63 bits per heavy atom. The van der Waals surface area contributed by atoms with Crippen LogP contribution in [0.5, 0.6) is 0 Å². The van der Waals surface area contributed by atoms with E-state index in [1.54, 1.807) is 19.1 Å². The Hall–Kier alpha value is -3.42. The van der Waals surface area contributed by atoms with Gasteiger partial charge in [0.05, 0.1) is 12.3 Å². The minimum absolute atomic E-state index is 0.194. The van der Waals surface area contributed by atoms with Gasteiger partial charge in [0.1, 0.15) is 0 Å². The summed E-state index contributed by atoms with van der Waals surface area (Å²) in [5.41, 5.74) is 1.95. The molecule has 3 aromatic rings. The molecule has 138 valence electrons. The predicted octanol–water partition coefficient (Wildman–Crippen LogP) is 1.44. The van der Waals surface area contributed by atoms with Gasteiger partial charge in [0, 0.05) is 20.6 Å². The second kappa shape index (κ2) is 6.39. The van der Waals surface area contributed by atoms with Crippen molar-refractivity contribution in [2.24, 2.45) is 12.1 Å². The quantitative estimate of drug-likeness (QED) is 0.705. The first-order chi connectivity index (χ1) is 13.0. The standard InChI is InChI=1S/C19H20N6O2/c1-13-12-25-15-16(20-18(25)23(3)21-13)22(2)19(27)24(17(15)26)11-7-10-14-8-5-4-6-9-14/h4-10H,11-12H2,1-3H3/b10-7+. The van der Waals surface area contributed by atoms with Gasteiger partial charge < -0.3 is 0 Å². The number of aromatic nitrogens is 4. The summed E-state index contributed by atoms with van der Waals surface area (Å²) in [4.78, 5) is 30.3. The minimum atomic E-state index is -0.388. The third-order valence-corrected chi connectivity index (χ3v) is 4.61. The monoisotopic (exact) mass is 364 g/mol. The number of fused-ring (bicyclic) bond motifs is 3. The van der Waals surface area contributed by atoms with E-state index in [1.165, 1.54) is 9.13 Å². The molecule has 4 rings (SSSR count). The van der Waals surface area contributed by atoms with Crippen LogP contribution < -0.4 is 16.3 Å². The Morgan fingerprint density at radius 2 is 1.89 bits per heavy atom. The number of aryl methyl sites for hydroxylation is 1. The molecular formula is C19H20N6O2. The zero-order valence-corrected chi connectivity index (χ0v) is 15.5. The van der Waals surface area contributed by atoms with Crippen molar-refractivity contribution < 1.29 is 0 Å². The fourth-order valence-corrected chi connectivity index (χ4v) is 3.34. The lowest BCUT2D eigenvalue weighted by molar-refractivity contribution is 0.664. The number of imidazole rings is 1. The Balaban J connectivity index is 1.83. The minimum Gasteiger partial charge on any atom is -0.297 e. The summed E-state index contributed by atoms with van der Waals surface area (Å²) >= 11 is 0. The molecule has 1 aromatic carbocycles. The van der Waals surface area contributed by atoms with Gasteiger partial charge in [-0.25, -0.2) is 9.80 Å². The molecule has 8 heteroatoms. The molecule has 0 fully saturated rings. The normalized spacial score (nSPS) is 14.0. The van der Waals surface area contributed by atoms with Crippen molar-refractivity contribution in [2.75, 3.05) is 12.1 Å². The third kappa shape index (κ3) is 2.79. The Labute approximate surface area is 155 Å². The SMILES string of the molecule is CC1=NN(C)c2nc3c(c(=O)n(C/C=C/c4ccccc4)c(=O)n3C)n2C1. The molecule has 27 heavy (non-hydrogen) atoms. The zero-order valence-electron chi connectivity index (χ0n) is 15.5. The molecule has 0 aliphatic carbocycles. The van der Waals surface area contributed by atoms with Crippen LogP contribution in [0.4, 0.5) is 5.95 Å². The lowest BCUT2D eigenvalue weighted by Crippen LogP contribution is -2.39. The van der Waals surface area contributed by atoms with Gasteiger partial charge in [-0.3, -0.25) is 18.5 Å². The summed E-state index contributed by atoms with van der Waals surface area (Å²) in [5, 5.41) is 5.99. The summed E-state index contributed by atoms with van der Waals surface area (Å²) in [6, 6.07) is 9.75. The summed E-state index contributed by atoms with van der Waals surface area (Å²) < 4.78 is 4.47. The Morgan fingerprint density at radius 1 is 1.15 bits per heavy atom. The molecule has 0 saturated carbocycles. The van der Waals surface area contributed by atoms with Crippen LogP contribution in [0, 0.1) is 0 Å². The van der Waals surface area contributed by atoms with Crippen molar-refractivity contribution in [1.29, 1.82) is 0 Å². The average molecular weight is 364 g/mol. The number of allylic oxidation sites excluding steroid dienone is 1. The van der Waals surface area contributed by atoms with Gasteiger partial charge in [0.25, 0.3) is 5.56 Å². The molecular weight excluding hydrogens is 344 g/mol. The molecule has 0 spiro atoms. The highest BCUT2D eigenvalue weighted by molar-refractivity contribution is 5.87. The van der Waals surface area contributed by atoms with Gasteiger partial charge in [0.2, 0.25) is 5.95 Å². The van der Waals surface area contributed by atoms with E-state index >= 15 is 0 Å². The first-order valence-corrected chi connectivity index (χ1v) is 8.67. The summed E-state index contributed by atoms with van der Waals surface area (Å²) in [7, 11) is 3.41. The topological polar surface area (TPSA) is 77.4 Å². The van der Waals surface area contributed by atoms with Gasteiger partial charge >= 0.3 is 5.69 Å². The maximum atomic E-state index is 13.1. The number of nitrogens with zero attached hydrogens (tertiary/aromatic N) is 6. The highest BCUT2D eigenvalue weighted by atomic mass is 16.2. The molecule has 0 unspecified atom stereocenters. The Bertz CT molecular complexity index is 1200. The molecule has 0 amide bonds. The molecule has 0 bridgehead atoms. The fraction of sp³-hybridized carbons (Fsp3) is 0.263. The first kappa shape index (κ1) is 17.0. The van der Waals surface area contributed by atoms with Gasteiger partial charge in [-0.1, -0.05) is 42.5 Å². The van der Waals surface area contributed by atoms with Crippen LogP contribution in [0.3, 0.4) is 0 Å². The lowest BCUT2D eigenvalue weighted by Gasteiger charge is -2.20. The number of rotatable bonds is 3. The van der Waals surface area contributed by atoms with E-state index in [9.17, 15) is 9.59 Å². The molecule has 1 aliphatic heterocycles. The van der Waals surface area contributed by atoms with Crippen molar-refractivity contribution >= 4 is 28.9 Å². The van der Waals surface area contributed by atoms with Crippen LogP contribution >= 0.6 is 0 Å². The maximum absolute atomic E-state index is 13.1. The van der Waals surface area contributed by atoms with E-state index in [4.69, 9.17) is 0 Å². The van der Waals surface area contributed by atoms with E-state index in [2.05, 4.69) is 10.1 Å². The maximum Gasteiger partial charge on any atom is 0.332 e. The van der Waals surface area contributed by atoms with Gasteiger partial charge in [0.15, 0.2) is 11.2 Å². The number of benzene rings is 1. The number of hydrogen-bond donors (Lipinski definition) is 0. The molecule has 1 aliphatic rings. The summed E-state index contributed by atoms with van der Waals surface area (Å²) in [6.07, 6.45) is 3.71. The lowest BCUT2D eigenvalue weighted by atomic mass is 10.2. The van der Waals surface area contributed by atoms with Crippen molar-refractivity contribution in [3.05, 3.63) is 62.8 Å². The highest BCUT2D eigenvalue weighted by Crippen LogP contribution is 2.22. The third-order valence-electron chi connectivity index (χ3n) is 4.61. The molecule has 0 saturated heterocycles. The number of anilines is 1. The van der Waals surface area contributed by atoms with Crippen molar-refractivity contribution in [3.8, 4) is 0 Å². The molecule has 0 N–H and O–H groups in total. The van der Waals surface area contributed by atoms with Crippen LogP contribution in [-0.4, -0.2) is 31.4 Å². The summed E-state index contributed by atoms with van der Waals surface area (Å²) in [5.74, 6) is 0.556. The van der Waals surface area contributed by atoms with Crippen molar-refractivity contribution in [1.82, 2.24) is 18.7 Å². The highest BCUT2D eigenvalue weighted by Gasteiger charge is 2.24. The van der Waals surface area contributed by atoms with Gasteiger partial charge in [-0.15, -0.1) is 0 Å². The van der Waals surface area contributed by atoms with E-state index in [-0.39, 0.29) is 17.8 Å². The van der Waals surface area contributed by atoms with Crippen molar-refractivity contribution in [2.45, 2.75) is 20.0 Å². The van der Waals surface area contributed by atoms with Gasteiger partial charge in [-0.05, 0) is 12.5 Å². The molecule has 0 radical (unpaired) electrons. The van der Waals surface area contributed by atoms with Crippen LogP contribution in [0.25, 0.3) is 17.2 Å². The number of hydrazone groups is 1. The largest absolute Gasteiger partial charge is 0.332 e. The van der Waals surface area contributed by atoms with Crippen LogP contribution in [0.1, 0.15) is 12.5 Å². The fourth-order valence-electron chi connectivity index (χ4n) is 3.34. The Kier molecular flexibility index (Phi) is 4.02. The van der Waals surface area contributed by atoms with Gasteiger partial charge in [-0.2, -0.15) is 10.1 Å². The van der Waals surface area contributed by atoms with Crippen LogP contribution in [-0.2, 0) is 20.1 Å². The molecule has 0 atom stereocenters. The summed E-state index contributed by atoms with van der Waals surface area (Å²) in [6.45, 7) is 2.57.